The van der Waals surface area contributed by atoms with Gasteiger partial charge in [-0.1, -0.05) is 0 Å². The van der Waals surface area contributed by atoms with Gasteiger partial charge in [0.1, 0.15) is 17.9 Å². The molecule has 3 aromatic rings. The zero-order valence-electron chi connectivity index (χ0n) is 11.4. The Morgan fingerprint density at radius 3 is 2.86 bits per heavy atom. The highest BCUT2D eigenvalue weighted by Crippen LogP contribution is 2.20. The van der Waals surface area contributed by atoms with Gasteiger partial charge in [-0.05, 0) is 29.8 Å². The van der Waals surface area contributed by atoms with Crippen molar-refractivity contribution in [1.82, 2.24) is 4.98 Å². The van der Waals surface area contributed by atoms with Crippen molar-refractivity contribution in [3.63, 3.8) is 0 Å². The second-order valence-corrected chi connectivity index (χ2v) is 4.45. The third kappa shape index (κ3) is 3.02. The van der Waals surface area contributed by atoms with E-state index < -0.39 is 0 Å². The van der Waals surface area contributed by atoms with E-state index in [-0.39, 0.29) is 5.63 Å². The quantitative estimate of drug-likeness (QED) is 0.689. The molecule has 0 aliphatic carbocycles. The average molecular weight is 283 g/mol. The molecule has 0 aliphatic heterocycles. The molecule has 0 aliphatic rings. The Morgan fingerprint density at radius 2 is 2.00 bits per heavy atom. The van der Waals surface area contributed by atoms with Crippen LogP contribution in [0.25, 0.3) is 11.0 Å². The topological polar surface area (TPSA) is 61.6 Å². The molecule has 0 unspecified atom stereocenters. The molecule has 0 radical (unpaired) electrons. The fourth-order valence-electron chi connectivity index (χ4n) is 1.95. The number of ether oxygens (including phenoxy) is 2. The van der Waals surface area contributed by atoms with Crippen LogP contribution in [0.4, 0.5) is 0 Å². The number of hydrogen-bond donors (Lipinski definition) is 0. The van der Waals surface area contributed by atoms with Gasteiger partial charge in [-0.3, -0.25) is 0 Å². The SMILES string of the molecule is COc1cc(COc2ccc3ccc(=O)oc3c2)ccn1. The molecular weight excluding hydrogens is 270 g/mol. The monoisotopic (exact) mass is 283 g/mol. The van der Waals surface area contributed by atoms with Crippen LogP contribution in [-0.2, 0) is 6.61 Å². The summed E-state index contributed by atoms with van der Waals surface area (Å²) in [6, 6.07) is 12.2. The van der Waals surface area contributed by atoms with Crippen LogP contribution in [0.15, 0.2) is 57.9 Å². The zero-order chi connectivity index (χ0) is 14.7. The molecule has 106 valence electrons. The van der Waals surface area contributed by atoms with Crippen LogP contribution in [0.2, 0.25) is 0 Å². The molecule has 1 aromatic carbocycles. The molecule has 2 aromatic heterocycles. The number of benzene rings is 1. The first-order valence-corrected chi connectivity index (χ1v) is 6.40. The van der Waals surface area contributed by atoms with Crippen LogP contribution in [0.1, 0.15) is 5.56 Å². The summed E-state index contributed by atoms with van der Waals surface area (Å²) < 4.78 is 15.9. The van der Waals surface area contributed by atoms with Gasteiger partial charge in [0, 0.05) is 29.8 Å². The largest absolute Gasteiger partial charge is 0.489 e. The van der Waals surface area contributed by atoms with Crippen molar-refractivity contribution < 1.29 is 13.9 Å². The Bertz CT molecular complexity index is 826. The zero-order valence-corrected chi connectivity index (χ0v) is 11.4. The second-order valence-electron chi connectivity index (χ2n) is 4.45. The molecule has 0 bridgehead atoms. The van der Waals surface area contributed by atoms with Crippen LogP contribution in [0.3, 0.4) is 0 Å². The lowest BCUT2D eigenvalue weighted by Gasteiger charge is -2.07. The predicted octanol–water partition coefficient (Wildman–Crippen LogP) is 2.78. The van der Waals surface area contributed by atoms with Gasteiger partial charge in [-0.15, -0.1) is 0 Å². The highest BCUT2D eigenvalue weighted by Gasteiger charge is 2.02. The smallest absolute Gasteiger partial charge is 0.336 e. The van der Waals surface area contributed by atoms with Crippen molar-refractivity contribution >= 4 is 11.0 Å². The molecular formula is C16H13NO4. The van der Waals surface area contributed by atoms with Crippen molar-refractivity contribution in [3.8, 4) is 11.6 Å². The maximum Gasteiger partial charge on any atom is 0.336 e. The van der Waals surface area contributed by atoms with E-state index in [1.165, 1.54) is 6.07 Å². The molecule has 21 heavy (non-hydrogen) atoms. The van der Waals surface area contributed by atoms with E-state index in [1.54, 1.807) is 31.5 Å². The summed E-state index contributed by atoms with van der Waals surface area (Å²) in [7, 11) is 1.57. The average Bonchev–Trinajstić information content (AvgIpc) is 2.52. The van der Waals surface area contributed by atoms with Gasteiger partial charge in [0.25, 0.3) is 0 Å². The van der Waals surface area contributed by atoms with Crippen LogP contribution in [0, 0.1) is 0 Å². The lowest BCUT2D eigenvalue weighted by atomic mass is 10.2. The molecule has 0 amide bonds. The Kier molecular flexibility index (Phi) is 3.55. The van der Waals surface area contributed by atoms with Crippen molar-refractivity contribution in [2.45, 2.75) is 6.61 Å². The van der Waals surface area contributed by atoms with Crippen LogP contribution >= 0.6 is 0 Å². The first-order valence-electron chi connectivity index (χ1n) is 6.40. The van der Waals surface area contributed by atoms with Gasteiger partial charge in [0.05, 0.1) is 7.11 Å². The Labute approximate surface area is 120 Å². The molecule has 5 heteroatoms. The number of methoxy groups -OCH3 is 1. The van der Waals surface area contributed by atoms with Crippen LogP contribution in [0.5, 0.6) is 11.6 Å². The maximum atomic E-state index is 11.2. The number of aromatic nitrogens is 1. The standard InChI is InChI=1S/C16H13NO4/c1-19-15-8-11(6-7-17-15)10-20-13-4-2-12-3-5-16(18)21-14(12)9-13/h2-9H,10H2,1H3. The molecule has 5 nitrogen and oxygen atoms in total. The third-order valence-electron chi connectivity index (χ3n) is 3.01. The predicted molar refractivity (Wildman–Crippen MR) is 77.6 cm³/mol. The first-order chi connectivity index (χ1) is 10.2. The summed E-state index contributed by atoms with van der Waals surface area (Å²) in [5, 5.41) is 0.854. The molecule has 2 heterocycles. The number of fused-ring (bicyclic) bond motifs is 1. The second kappa shape index (κ2) is 5.66. The molecule has 0 saturated carbocycles. The number of pyridine rings is 1. The minimum atomic E-state index is -0.376. The Balaban J connectivity index is 1.79. The van der Waals surface area contributed by atoms with E-state index in [1.807, 2.05) is 18.2 Å². The maximum absolute atomic E-state index is 11.2. The number of rotatable bonds is 4. The summed E-state index contributed by atoms with van der Waals surface area (Å²) in [6.07, 6.45) is 1.66. The van der Waals surface area contributed by atoms with Gasteiger partial charge in [0.15, 0.2) is 0 Å². The number of hydrogen-bond acceptors (Lipinski definition) is 5. The fourth-order valence-corrected chi connectivity index (χ4v) is 1.95. The lowest BCUT2D eigenvalue weighted by Crippen LogP contribution is -1.98. The minimum absolute atomic E-state index is 0.376. The third-order valence-corrected chi connectivity index (χ3v) is 3.01. The molecule has 0 N–H and O–H groups in total. The van der Waals surface area contributed by atoms with E-state index in [2.05, 4.69) is 4.98 Å². The molecule has 0 spiro atoms. The summed E-state index contributed by atoms with van der Waals surface area (Å²) in [4.78, 5) is 15.3. The molecule has 0 atom stereocenters. The van der Waals surface area contributed by atoms with Gasteiger partial charge < -0.3 is 13.9 Å². The van der Waals surface area contributed by atoms with Gasteiger partial charge in [-0.25, -0.2) is 9.78 Å². The molecule has 0 fully saturated rings. The highest BCUT2D eigenvalue weighted by molar-refractivity contribution is 5.77. The summed E-state index contributed by atoms with van der Waals surface area (Å²) in [5.74, 6) is 1.17. The van der Waals surface area contributed by atoms with Gasteiger partial charge in [0.2, 0.25) is 5.88 Å². The van der Waals surface area contributed by atoms with Gasteiger partial charge in [-0.2, -0.15) is 0 Å². The lowest BCUT2D eigenvalue weighted by molar-refractivity contribution is 0.304. The normalized spacial score (nSPS) is 10.5. The van der Waals surface area contributed by atoms with Crippen LogP contribution < -0.4 is 15.1 Å². The van der Waals surface area contributed by atoms with Crippen molar-refractivity contribution in [2.24, 2.45) is 0 Å². The summed E-state index contributed by atoms with van der Waals surface area (Å²) in [5.41, 5.74) is 1.07. The Hall–Kier alpha value is -2.82. The Morgan fingerprint density at radius 1 is 1.14 bits per heavy atom. The van der Waals surface area contributed by atoms with Crippen molar-refractivity contribution in [1.29, 1.82) is 0 Å². The van der Waals surface area contributed by atoms with Crippen molar-refractivity contribution in [3.05, 3.63) is 64.6 Å². The minimum Gasteiger partial charge on any atom is -0.489 e. The van der Waals surface area contributed by atoms with E-state index in [4.69, 9.17) is 13.9 Å². The van der Waals surface area contributed by atoms with Crippen molar-refractivity contribution in [2.75, 3.05) is 7.11 Å². The van der Waals surface area contributed by atoms with E-state index in [0.717, 1.165) is 10.9 Å². The molecule has 3 rings (SSSR count). The van der Waals surface area contributed by atoms with Crippen LogP contribution in [-0.4, -0.2) is 12.1 Å². The highest BCUT2D eigenvalue weighted by atomic mass is 16.5. The summed E-state index contributed by atoms with van der Waals surface area (Å²) >= 11 is 0. The first kappa shape index (κ1) is 13.2. The van der Waals surface area contributed by atoms with E-state index in [9.17, 15) is 4.79 Å². The summed E-state index contributed by atoms with van der Waals surface area (Å²) in [6.45, 7) is 0.376. The number of nitrogens with zero attached hydrogens (tertiary/aromatic N) is 1. The van der Waals surface area contributed by atoms with E-state index in [0.29, 0.717) is 23.8 Å². The van der Waals surface area contributed by atoms with Gasteiger partial charge >= 0.3 is 5.63 Å². The fraction of sp³-hybridized carbons (Fsp3) is 0.125. The molecule has 0 saturated heterocycles. The van der Waals surface area contributed by atoms with E-state index >= 15 is 0 Å².